The van der Waals surface area contributed by atoms with Crippen LogP contribution in [0.3, 0.4) is 0 Å². The van der Waals surface area contributed by atoms with Crippen molar-refractivity contribution in [3.8, 4) is 0 Å². The Labute approximate surface area is 107 Å². The van der Waals surface area contributed by atoms with E-state index in [4.69, 9.17) is 0 Å². The van der Waals surface area contributed by atoms with Crippen LogP contribution in [0.4, 0.5) is 5.82 Å². The Morgan fingerprint density at radius 1 is 1.41 bits per heavy atom. The fraction of sp³-hybridized carbons (Fsp3) is 0.333. The summed E-state index contributed by atoms with van der Waals surface area (Å²) in [6.07, 6.45) is 2.31. The minimum absolute atomic E-state index is 0.248. The number of hydrogen-bond acceptors (Lipinski definition) is 4. The summed E-state index contributed by atoms with van der Waals surface area (Å²) in [5.74, 6) is 0.867. The monoisotopic (exact) mass is 293 g/mol. The molecule has 1 atom stereocenters. The predicted molar refractivity (Wildman–Crippen MR) is 70.1 cm³/mol. The summed E-state index contributed by atoms with van der Waals surface area (Å²) in [7, 11) is 0. The van der Waals surface area contributed by atoms with Crippen LogP contribution in [-0.2, 0) is 0 Å². The molecule has 17 heavy (non-hydrogen) atoms. The third kappa shape index (κ3) is 2.00. The smallest absolute Gasteiger partial charge is 0.159 e. The molecule has 5 heteroatoms. The molecule has 3 rings (SSSR count). The number of halogens is 1. The normalized spacial score (nSPS) is 20.1. The van der Waals surface area contributed by atoms with Gasteiger partial charge in [-0.25, -0.2) is 0 Å². The topological polar surface area (TPSA) is 49.2 Å². The lowest BCUT2D eigenvalue weighted by molar-refractivity contribution is 0.198. The maximum Gasteiger partial charge on any atom is 0.159 e. The predicted octanol–water partition coefficient (Wildman–Crippen LogP) is 1.96. The number of aliphatic hydroxyl groups excluding tert-OH is 1. The number of aliphatic hydroxyl groups is 1. The fourth-order valence-corrected chi connectivity index (χ4v) is 2.59. The molecule has 0 saturated carbocycles. The van der Waals surface area contributed by atoms with Gasteiger partial charge in [-0.05, 0) is 24.6 Å². The molecule has 2 heterocycles. The van der Waals surface area contributed by atoms with Crippen molar-refractivity contribution < 1.29 is 5.11 Å². The second-order valence-corrected chi connectivity index (χ2v) is 5.20. The van der Waals surface area contributed by atoms with Crippen LogP contribution in [0.2, 0.25) is 0 Å². The number of benzene rings is 1. The van der Waals surface area contributed by atoms with E-state index >= 15 is 0 Å². The van der Waals surface area contributed by atoms with Gasteiger partial charge in [0.25, 0.3) is 0 Å². The number of aromatic nitrogens is 2. The molecular formula is C12H12BrN3O. The SMILES string of the molecule is O[C@@H]1CCN(c2nncc3cc(Br)ccc23)C1. The molecular weight excluding hydrogens is 282 g/mol. The molecule has 88 valence electrons. The van der Waals surface area contributed by atoms with E-state index in [1.807, 2.05) is 18.2 Å². The van der Waals surface area contributed by atoms with Gasteiger partial charge in [-0.1, -0.05) is 15.9 Å². The van der Waals surface area contributed by atoms with Crippen LogP contribution < -0.4 is 4.90 Å². The summed E-state index contributed by atoms with van der Waals surface area (Å²) >= 11 is 3.45. The van der Waals surface area contributed by atoms with E-state index in [0.29, 0.717) is 6.54 Å². The first kappa shape index (κ1) is 10.9. The van der Waals surface area contributed by atoms with Crippen molar-refractivity contribution in [3.05, 3.63) is 28.9 Å². The Balaban J connectivity index is 2.10. The fourth-order valence-electron chi connectivity index (χ4n) is 2.21. The second-order valence-electron chi connectivity index (χ2n) is 4.29. The van der Waals surface area contributed by atoms with Crippen LogP contribution in [0.1, 0.15) is 6.42 Å². The van der Waals surface area contributed by atoms with E-state index in [1.54, 1.807) is 6.20 Å². The van der Waals surface area contributed by atoms with Gasteiger partial charge in [0.15, 0.2) is 5.82 Å². The second kappa shape index (κ2) is 4.23. The molecule has 1 aromatic carbocycles. The quantitative estimate of drug-likeness (QED) is 0.873. The first-order valence-electron chi connectivity index (χ1n) is 5.58. The Kier molecular flexibility index (Phi) is 2.72. The zero-order valence-corrected chi connectivity index (χ0v) is 10.8. The molecule has 4 nitrogen and oxygen atoms in total. The molecule has 0 aliphatic carbocycles. The van der Waals surface area contributed by atoms with Crippen molar-refractivity contribution in [2.75, 3.05) is 18.0 Å². The first-order chi connectivity index (χ1) is 8.24. The third-order valence-corrected chi connectivity index (χ3v) is 3.56. The molecule has 0 amide bonds. The molecule has 1 aliphatic rings. The molecule has 0 unspecified atom stereocenters. The molecule has 1 aliphatic heterocycles. The highest BCUT2D eigenvalue weighted by Crippen LogP contribution is 2.28. The largest absolute Gasteiger partial charge is 0.391 e. The zero-order valence-electron chi connectivity index (χ0n) is 9.17. The van der Waals surface area contributed by atoms with Gasteiger partial charge >= 0.3 is 0 Å². The van der Waals surface area contributed by atoms with Gasteiger partial charge < -0.3 is 10.0 Å². The summed E-state index contributed by atoms with van der Waals surface area (Å²) in [5.41, 5.74) is 0. The summed E-state index contributed by atoms with van der Waals surface area (Å²) in [5, 5.41) is 20.0. The summed E-state index contributed by atoms with van der Waals surface area (Å²) < 4.78 is 1.03. The minimum Gasteiger partial charge on any atom is -0.391 e. The number of hydrogen-bond donors (Lipinski definition) is 1. The van der Waals surface area contributed by atoms with Gasteiger partial charge in [0.2, 0.25) is 0 Å². The van der Waals surface area contributed by atoms with Crippen LogP contribution in [0.25, 0.3) is 10.8 Å². The van der Waals surface area contributed by atoms with Gasteiger partial charge in [-0.3, -0.25) is 0 Å². The van der Waals surface area contributed by atoms with Crippen molar-refractivity contribution in [2.24, 2.45) is 0 Å². The van der Waals surface area contributed by atoms with Crippen LogP contribution >= 0.6 is 15.9 Å². The van der Waals surface area contributed by atoms with Crippen LogP contribution in [0.5, 0.6) is 0 Å². The average molecular weight is 294 g/mol. The molecule has 0 radical (unpaired) electrons. The maximum atomic E-state index is 9.58. The lowest BCUT2D eigenvalue weighted by Gasteiger charge is -2.17. The van der Waals surface area contributed by atoms with Crippen molar-refractivity contribution >= 4 is 32.5 Å². The first-order valence-corrected chi connectivity index (χ1v) is 6.37. The molecule has 0 spiro atoms. The van der Waals surface area contributed by atoms with Gasteiger partial charge in [0.05, 0.1) is 12.3 Å². The maximum absolute atomic E-state index is 9.58. The van der Waals surface area contributed by atoms with Gasteiger partial charge in [-0.2, -0.15) is 5.10 Å². The van der Waals surface area contributed by atoms with E-state index < -0.39 is 0 Å². The Morgan fingerprint density at radius 2 is 2.29 bits per heavy atom. The zero-order chi connectivity index (χ0) is 11.8. The molecule has 2 aromatic rings. The van der Waals surface area contributed by atoms with Crippen LogP contribution in [0.15, 0.2) is 28.9 Å². The average Bonchev–Trinajstić information content (AvgIpc) is 2.74. The van der Waals surface area contributed by atoms with E-state index in [1.165, 1.54) is 0 Å². The molecule has 1 saturated heterocycles. The van der Waals surface area contributed by atoms with Crippen molar-refractivity contribution in [3.63, 3.8) is 0 Å². The minimum atomic E-state index is -0.248. The molecule has 1 N–H and O–H groups in total. The van der Waals surface area contributed by atoms with Gasteiger partial charge in [0.1, 0.15) is 0 Å². The van der Waals surface area contributed by atoms with E-state index in [2.05, 4.69) is 31.0 Å². The highest BCUT2D eigenvalue weighted by Gasteiger charge is 2.23. The van der Waals surface area contributed by atoms with E-state index in [9.17, 15) is 5.11 Å². The Hall–Kier alpha value is -1.20. The van der Waals surface area contributed by atoms with Gasteiger partial charge in [0, 0.05) is 28.3 Å². The third-order valence-electron chi connectivity index (χ3n) is 3.07. The Morgan fingerprint density at radius 3 is 3.06 bits per heavy atom. The van der Waals surface area contributed by atoms with Gasteiger partial charge in [-0.15, -0.1) is 5.10 Å². The highest BCUT2D eigenvalue weighted by atomic mass is 79.9. The number of nitrogens with zero attached hydrogens (tertiary/aromatic N) is 3. The standard InChI is InChI=1S/C12H12BrN3O/c13-9-1-2-11-8(5-9)6-14-15-12(11)16-4-3-10(17)7-16/h1-2,5-6,10,17H,3-4,7H2/t10-/m1/s1. The number of fused-ring (bicyclic) bond motifs is 1. The highest BCUT2D eigenvalue weighted by molar-refractivity contribution is 9.10. The molecule has 0 bridgehead atoms. The number of β-amino-alcohol motifs (C(OH)–C–C–N with tert-alkyl or cyclic N) is 1. The molecule has 1 aromatic heterocycles. The Bertz CT molecular complexity index is 560. The lowest BCUT2D eigenvalue weighted by atomic mass is 10.2. The van der Waals surface area contributed by atoms with E-state index in [0.717, 1.165) is 34.0 Å². The van der Waals surface area contributed by atoms with Crippen molar-refractivity contribution in [2.45, 2.75) is 12.5 Å². The lowest BCUT2D eigenvalue weighted by Crippen LogP contribution is -2.22. The molecule has 1 fully saturated rings. The number of rotatable bonds is 1. The summed E-state index contributed by atoms with van der Waals surface area (Å²) in [6.45, 7) is 1.48. The number of anilines is 1. The van der Waals surface area contributed by atoms with Crippen molar-refractivity contribution in [1.29, 1.82) is 0 Å². The van der Waals surface area contributed by atoms with Crippen LogP contribution in [0, 0.1) is 0 Å². The summed E-state index contributed by atoms with van der Waals surface area (Å²) in [6, 6.07) is 6.06. The summed E-state index contributed by atoms with van der Waals surface area (Å²) in [4.78, 5) is 2.09. The van der Waals surface area contributed by atoms with E-state index in [-0.39, 0.29) is 6.10 Å². The van der Waals surface area contributed by atoms with Crippen LogP contribution in [-0.4, -0.2) is 34.5 Å². The van der Waals surface area contributed by atoms with Crippen molar-refractivity contribution in [1.82, 2.24) is 10.2 Å².